The quantitative estimate of drug-likeness (QED) is 0.623. The van der Waals surface area contributed by atoms with E-state index >= 15 is 0 Å². The van der Waals surface area contributed by atoms with Crippen LogP contribution < -0.4 is 4.74 Å². The van der Waals surface area contributed by atoms with Gasteiger partial charge in [-0.2, -0.15) is 0 Å². The molecule has 0 bridgehead atoms. The summed E-state index contributed by atoms with van der Waals surface area (Å²) >= 11 is 0. The zero-order valence-electron chi connectivity index (χ0n) is 13.0. The van der Waals surface area contributed by atoms with Crippen LogP contribution in [0, 0.1) is 12.7 Å². The number of imidazole rings is 1. The molecule has 118 valence electrons. The summed E-state index contributed by atoms with van der Waals surface area (Å²) in [6, 6.07) is 10.4. The molecule has 5 nitrogen and oxygen atoms in total. The monoisotopic (exact) mass is 312 g/mol. The van der Waals surface area contributed by atoms with Crippen molar-refractivity contribution < 1.29 is 9.13 Å². The van der Waals surface area contributed by atoms with Crippen molar-refractivity contribution in [2.45, 2.75) is 20.3 Å². The molecule has 0 aliphatic rings. The Labute approximate surface area is 133 Å². The van der Waals surface area contributed by atoms with Gasteiger partial charge < -0.3 is 4.74 Å². The maximum atomic E-state index is 13.5. The van der Waals surface area contributed by atoms with Gasteiger partial charge in [0.05, 0.1) is 12.3 Å². The first-order chi connectivity index (χ1) is 11.2. The summed E-state index contributed by atoms with van der Waals surface area (Å²) in [6.45, 7) is 4.48. The molecular weight excluding hydrogens is 295 g/mol. The van der Waals surface area contributed by atoms with E-state index < -0.39 is 0 Å². The Hall–Kier alpha value is -2.76. The van der Waals surface area contributed by atoms with Gasteiger partial charge in [0.1, 0.15) is 22.9 Å². The minimum atomic E-state index is -0.349. The lowest BCUT2D eigenvalue weighted by Gasteiger charge is -2.06. The van der Waals surface area contributed by atoms with Gasteiger partial charge in [-0.15, -0.1) is 10.2 Å². The van der Waals surface area contributed by atoms with Crippen LogP contribution in [0.3, 0.4) is 0 Å². The van der Waals surface area contributed by atoms with Crippen LogP contribution in [-0.2, 0) is 0 Å². The first-order valence-corrected chi connectivity index (χ1v) is 7.47. The molecule has 3 rings (SSSR count). The molecular formula is C17H17FN4O. The fraction of sp³-hybridized carbons (Fsp3) is 0.235. The highest BCUT2D eigenvalue weighted by molar-refractivity contribution is 5.54. The van der Waals surface area contributed by atoms with E-state index in [2.05, 4.69) is 15.2 Å². The molecule has 3 aromatic rings. The largest absolute Gasteiger partial charge is 0.491 e. The van der Waals surface area contributed by atoms with Crippen LogP contribution in [0.5, 0.6) is 5.75 Å². The smallest absolute Gasteiger partial charge is 0.182 e. The molecule has 0 atom stereocenters. The number of fused-ring (bicyclic) bond motifs is 1. The molecule has 0 unspecified atom stereocenters. The van der Waals surface area contributed by atoms with Crippen molar-refractivity contribution in [3.05, 3.63) is 54.1 Å². The van der Waals surface area contributed by atoms with E-state index in [-0.39, 0.29) is 5.82 Å². The number of azo groups is 1. The maximum Gasteiger partial charge on any atom is 0.182 e. The summed E-state index contributed by atoms with van der Waals surface area (Å²) in [5.41, 5.74) is 1.95. The minimum absolute atomic E-state index is 0.349. The maximum absolute atomic E-state index is 13.5. The highest BCUT2D eigenvalue weighted by Gasteiger charge is 2.09. The topological polar surface area (TPSA) is 51.2 Å². The van der Waals surface area contributed by atoms with Gasteiger partial charge in [0.2, 0.25) is 0 Å². The molecule has 0 amide bonds. The van der Waals surface area contributed by atoms with Gasteiger partial charge in [0.15, 0.2) is 5.82 Å². The van der Waals surface area contributed by atoms with Crippen LogP contribution in [0.1, 0.15) is 19.0 Å². The predicted molar refractivity (Wildman–Crippen MR) is 86.3 cm³/mol. The highest BCUT2D eigenvalue weighted by atomic mass is 19.1. The first-order valence-electron chi connectivity index (χ1n) is 7.47. The van der Waals surface area contributed by atoms with E-state index in [4.69, 9.17) is 4.74 Å². The number of pyridine rings is 1. The zero-order chi connectivity index (χ0) is 16.2. The molecule has 1 aromatic carbocycles. The van der Waals surface area contributed by atoms with Crippen molar-refractivity contribution in [2.24, 2.45) is 10.2 Å². The lowest BCUT2D eigenvalue weighted by Crippen LogP contribution is -1.94. The fourth-order valence-corrected chi connectivity index (χ4v) is 2.22. The summed E-state index contributed by atoms with van der Waals surface area (Å²) in [5.74, 6) is 0.832. The zero-order valence-corrected chi connectivity index (χ0v) is 13.0. The van der Waals surface area contributed by atoms with Crippen LogP contribution in [0.15, 0.2) is 52.8 Å². The Kier molecular flexibility index (Phi) is 4.32. The number of rotatable bonds is 5. The average molecular weight is 312 g/mol. The van der Waals surface area contributed by atoms with E-state index in [0.717, 1.165) is 6.42 Å². The van der Waals surface area contributed by atoms with E-state index in [9.17, 15) is 4.39 Å². The lowest BCUT2D eigenvalue weighted by atomic mass is 10.3. The van der Waals surface area contributed by atoms with Crippen LogP contribution >= 0.6 is 0 Å². The predicted octanol–water partition coefficient (Wildman–Crippen LogP) is 4.99. The molecule has 0 aliphatic carbocycles. The molecule has 0 N–H and O–H groups in total. The Morgan fingerprint density at radius 1 is 1.17 bits per heavy atom. The van der Waals surface area contributed by atoms with Crippen molar-refractivity contribution in [3.8, 4) is 5.75 Å². The first kappa shape index (κ1) is 15.1. The van der Waals surface area contributed by atoms with Gasteiger partial charge >= 0.3 is 0 Å². The second kappa shape index (κ2) is 6.56. The summed E-state index contributed by atoms with van der Waals surface area (Å²) in [5, 5.41) is 8.51. The summed E-state index contributed by atoms with van der Waals surface area (Å²) in [4.78, 5) is 4.35. The van der Waals surface area contributed by atoms with Crippen molar-refractivity contribution in [1.29, 1.82) is 0 Å². The fourth-order valence-electron chi connectivity index (χ4n) is 2.22. The van der Waals surface area contributed by atoms with Crippen LogP contribution in [0.2, 0.25) is 0 Å². The number of nitrogens with zero attached hydrogens (tertiary/aromatic N) is 4. The molecule has 2 aromatic heterocycles. The number of para-hydroxylation sites is 1. The Bertz CT molecular complexity index is 857. The molecule has 23 heavy (non-hydrogen) atoms. The molecule has 0 fully saturated rings. The Morgan fingerprint density at radius 2 is 2.00 bits per heavy atom. The van der Waals surface area contributed by atoms with Crippen LogP contribution in [-0.4, -0.2) is 16.0 Å². The summed E-state index contributed by atoms with van der Waals surface area (Å²) in [7, 11) is 0. The van der Waals surface area contributed by atoms with Gasteiger partial charge in [0, 0.05) is 6.20 Å². The van der Waals surface area contributed by atoms with E-state index in [1.165, 1.54) is 12.3 Å². The number of halogens is 1. The third-order valence-electron chi connectivity index (χ3n) is 3.30. The van der Waals surface area contributed by atoms with E-state index in [1.807, 2.05) is 38.1 Å². The van der Waals surface area contributed by atoms with Gasteiger partial charge in [-0.25, -0.2) is 9.37 Å². The third kappa shape index (κ3) is 3.21. The second-order valence-corrected chi connectivity index (χ2v) is 5.11. The van der Waals surface area contributed by atoms with Gasteiger partial charge in [-0.1, -0.05) is 19.1 Å². The SMILES string of the molecule is CCCOc1ccccc1N=Nc1c(C)nc2ccc(F)cn12. The molecule has 0 aliphatic heterocycles. The van der Waals surface area contributed by atoms with Crippen molar-refractivity contribution in [3.63, 3.8) is 0 Å². The Balaban J connectivity index is 1.97. The molecule has 0 saturated carbocycles. The van der Waals surface area contributed by atoms with E-state index in [0.29, 0.717) is 35.2 Å². The number of aryl methyl sites for hydroxylation is 1. The lowest BCUT2D eigenvalue weighted by molar-refractivity contribution is 0.318. The van der Waals surface area contributed by atoms with Crippen molar-refractivity contribution in [1.82, 2.24) is 9.38 Å². The molecule has 0 saturated heterocycles. The second-order valence-electron chi connectivity index (χ2n) is 5.11. The number of hydrogen-bond acceptors (Lipinski definition) is 4. The highest BCUT2D eigenvalue weighted by Crippen LogP contribution is 2.30. The van der Waals surface area contributed by atoms with Gasteiger partial charge in [-0.05, 0) is 37.6 Å². The summed E-state index contributed by atoms with van der Waals surface area (Å²) in [6.07, 6.45) is 2.26. The van der Waals surface area contributed by atoms with Gasteiger partial charge in [-0.3, -0.25) is 4.40 Å². The standard InChI is InChI=1S/C17H17FN4O/c1-3-10-23-15-7-5-4-6-14(15)20-21-17-12(2)19-16-9-8-13(18)11-22(16)17/h4-9,11H,3,10H2,1-2H3. The van der Waals surface area contributed by atoms with Crippen molar-refractivity contribution >= 4 is 17.2 Å². The normalized spacial score (nSPS) is 11.4. The van der Waals surface area contributed by atoms with Crippen LogP contribution in [0.4, 0.5) is 15.9 Å². The third-order valence-corrected chi connectivity index (χ3v) is 3.30. The Morgan fingerprint density at radius 3 is 2.83 bits per heavy atom. The number of benzene rings is 1. The number of hydrogen-bond donors (Lipinski definition) is 0. The van der Waals surface area contributed by atoms with Gasteiger partial charge in [0.25, 0.3) is 0 Å². The molecule has 0 spiro atoms. The number of aromatic nitrogens is 2. The van der Waals surface area contributed by atoms with Crippen molar-refractivity contribution in [2.75, 3.05) is 6.61 Å². The minimum Gasteiger partial charge on any atom is -0.491 e. The molecule has 2 heterocycles. The molecule has 0 radical (unpaired) electrons. The van der Waals surface area contributed by atoms with Crippen LogP contribution in [0.25, 0.3) is 5.65 Å². The summed E-state index contributed by atoms with van der Waals surface area (Å²) < 4.78 is 20.7. The average Bonchev–Trinajstić information content (AvgIpc) is 2.86. The van der Waals surface area contributed by atoms with E-state index in [1.54, 1.807) is 10.5 Å². The molecule has 6 heteroatoms. The number of ether oxygens (including phenoxy) is 1.